The van der Waals surface area contributed by atoms with Crippen molar-refractivity contribution in [3.8, 4) is 0 Å². The monoisotopic (exact) mass is 363 g/mol. The number of sulfonamides is 1. The highest BCUT2D eigenvalue weighted by Crippen LogP contribution is 2.65. The van der Waals surface area contributed by atoms with Gasteiger partial charge in [0.05, 0.1) is 4.90 Å². The summed E-state index contributed by atoms with van der Waals surface area (Å²) >= 11 is 0. The second-order valence-corrected chi connectivity index (χ2v) is 10.0. The van der Waals surface area contributed by atoms with Crippen LogP contribution < -0.4 is 15.4 Å². The van der Waals surface area contributed by atoms with Gasteiger partial charge in [0.1, 0.15) is 0 Å². The molecule has 0 aromatic heterocycles. The predicted molar refractivity (Wildman–Crippen MR) is 95.8 cm³/mol. The Hall–Kier alpha value is -1.60. The predicted octanol–water partition coefficient (Wildman–Crippen LogP) is 2.83. The lowest BCUT2D eigenvalue weighted by Gasteiger charge is -2.65. The van der Waals surface area contributed by atoms with E-state index in [1.54, 1.807) is 12.1 Å². The lowest BCUT2D eigenvalue weighted by atomic mass is 9.43. The average molecular weight is 363 g/mol. The van der Waals surface area contributed by atoms with E-state index in [1.807, 2.05) is 0 Å². The number of anilines is 1. The van der Waals surface area contributed by atoms with Crippen LogP contribution in [-0.2, 0) is 10.0 Å². The fraction of sp³-hybridized carbons (Fsp3) is 0.611. The zero-order valence-corrected chi connectivity index (χ0v) is 15.3. The lowest BCUT2D eigenvalue weighted by molar-refractivity contribution is -0.102. The maximum absolute atomic E-state index is 12.5. The minimum Gasteiger partial charge on any atom is -0.332 e. The van der Waals surface area contributed by atoms with Crippen LogP contribution in [0, 0.1) is 11.3 Å². The molecule has 0 saturated heterocycles. The minimum absolute atomic E-state index is 0.0535. The van der Waals surface area contributed by atoms with Crippen LogP contribution in [0.5, 0.6) is 0 Å². The Labute approximate surface area is 148 Å². The molecule has 1 aromatic carbocycles. The topological polar surface area (TPSA) is 87.3 Å². The van der Waals surface area contributed by atoms with Crippen molar-refractivity contribution in [1.82, 2.24) is 10.0 Å². The average Bonchev–Trinajstić information content (AvgIpc) is 2.53. The zero-order chi connectivity index (χ0) is 17.7. The summed E-state index contributed by atoms with van der Waals surface area (Å²) in [4.78, 5) is 12.6. The molecule has 0 radical (unpaired) electrons. The molecule has 3 N–H and O–H groups in total. The highest BCUT2D eigenvalue weighted by Gasteiger charge is 2.61. The molecule has 4 aliphatic carbocycles. The van der Waals surface area contributed by atoms with Gasteiger partial charge >= 0.3 is 6.03 Å². The van der Waals surface area contributed by atoms with E-state index in [9.17, 15) is 13.2 Å². The Morgan fingerprint density at radius 2 is 2.04 bits per heavy atom. The number of hydrogen-bond donors (Lipinski definition) is 3. The van der Waals surface area contributed by atoms with Gasteiger partial charge in [0.2, 0.25) is 10.0 Å². The summed E-state index contributed by atoms with van der Waals surface area (Å²) in [5, 5.41) is 5.99. The maximum Gasteiger partial charge on any atom is 0.319 e. The molecule has 136 valence electrons. The molecule has 1 spiro atoms. The molecule has 6 nitrogen and oxygen atoms in total. The van der Waals surface area contributed by atoms with E-state index < -0.39 is 10.0 Å². The van der Waals surface area contributed by atoms with Crippen LogP contribution >= 0.6 is 0 Å². The SMILES string of the molecule is CNS(=O)(=O)c1cccc(NC(=O)NC23CC4CCCC(C4)(C2)C3)c1. The molecule has 25 heavy (non-hydrogen) atoms. The van der Waals surface area contributed by atoms with Crippen molar-refractivity contribution in [2.45, 2.75) is 55.4 Å². The first-order chi connectivity index (χ1) is 11.8. The number of carbonyl (C=O) groups is 1. The van der Waals surface area contributed by atoms with Crippen molar-refractivity contribution in [3.05, 3.63) is 24.3 Å². The number of benzene rings is 1. The first-order valence-electron chi connectivity index (χ1n) is 8.97. The fourth-order valence-corrected chi connectivity index (χ4v) is 6.34. The van der Waals surface area contributed by atoms with Gasteiger partial charge in [0.15, 0.2) is 0 Å². The van der Waals surface area contributed by atoms with E-state index in [0.717, 1.165) is 25.2 Å². The van der Waals surface area contributed by atoms with Crippen molar-refractivity contribution < 1.29 is 13.2 Å². The van der Waals surface area contributed by atoms with Crippen LogP contribution in [-0.4, -0.2) is 27.0 Å². The largest absolute Gasteiger partial charge is 0.332 e. The first-order valence-corrected chi connectivity index (χ1v) is 10.4. The van der Waals surface area contributed by atoms with E-state index in [2.05, 4.69) is 15.4 Å². The van der Waals surface area contributed by atoms with Crippen LogP contribution in [0.2, 0.25) is 0 Å². The summed E-state index contributed by atoms with van der Waals surface area (Å²) < 4.78 is 26.1. The summed E-state index contributed by atoms with van der Waals surface area (Å²) in [6.45, 7) is 0. The molecule has 2 amide bonds. The zero-order valence-electron chi connectivity index (χ0n) is 14.5. The molecule has 4 fully saturated rings. The molecule has 4 aliphatic rings. The molecular weight excluding hydrogens is 338 g/mol. The summed E-state index contributed by atoms with van der Waals surface area (Å²) in [5.74, 6) is 0.751. The second kappa shape index (κ2) is 5.71. The van der Waals surface area contributed by atoms with Crippen LogP contribution in [0.25, 0.3) is 0 Å². The summed E-state index contributed by atoms with van der Waals surface area (Å²) in [7, 11) is -2.15. The van der Waals surface area contributed by atoms with Crippen LogP contribution in [0.3, 0.4) is 0 Å². The maximum atomic E-state index is 12.5. The number of nitrogens with one attached hydrogen (secondary N) is 3. The van der Waals surface area contributed by atoms with Gasteiger partial charge in [-0.05, 0) is 68.7 Å². The molecular formula is C18H25N3O3S. The van der Waals surface area contributed by atoms with Crippen LogP contribution in [0.1, 0.15) is 44.9 Å². The van der Waals surface area contributed by atoms with Gasteiger partial charge in [-0.3, -0.25) is 0 Å². The highest BCUT2D eigenvalue weighted by molar-refractivity contribution is 7.89. The van der Waals surface area contributed by atoms with Crippen molar-refractivity contribution in [3.63, 3.8) is 0 Å². The molecule has 1 atom stereocenters. The third kappa shape index (κ3) is 3.04. The van der Waals surface area contributed by atoms with E-state index >= 15 is 0 Å². The number of amides is 2. The molecule has 0 aliphatic heterocycles. The van der Waals surface area contributed by atoms with E-state index in [1.165, 1.54) is 44.9 Å². The Morgan fingerprint density at radius 1 is 1.24 bits per heavy atom. The highest BCUT2D eigenvalue weighted by atomic mass is 32.2. The van der Waals surface area contributed by atoms with E-state index in [-0.39, 0.29) is 16.5 Å². The third-order valence-corrected chi connectivity index (χ3v) is 7.61. The Kier molecular flexibility index (Phi) is 3.85. The van der Waals surface area contributed by atoms with Crippen molar-refractivity contribution in [1.29, 1.82) is 0 Å². The van der Waals surface area contributed by atoms with Gasteiger partial charge in [0, 0.05) is 11.2 Å². The van der Waals surface area contributed by atoms with Gasteiger partial charge in [-0.25, -0.2) is 17.9 Å². The third-order valence-electron chi connectivity index (χ3n) is 6.20. The molecule has 3 bridgehead atoms. The molecule has 4 saturated carbocycles. The number of hydrogen-bond acceptors (Lipinski definition) is 3. The Balaban J connectivity index is 1.43. The van der Waals surface area contributed by atoms with Crippen molar-refractivity contribution >= 4 is 21.7 Å². The minimum atomic E-state index is -3.52. The lowest BCUT2D eigenvalue weighted by Crippen LogP contribution is -2.67. The number of carbonyl (C=O) groups excluding carboxylic acids is 1. The van der Waals surface area contributed by atoms with Gasteiger partial charge in [-0.15, -0.1) is 0 Å². The quantitative estimate of drug-likeness (QED) is 0.769. The number of urea groups is 1. The van der Waals surface area contributed by atoms with Crippen LogP contribution in [0.15, 0.2) is 29.2 Å². The summed E-state index contributed by atoms with van der Waals surface area (Å²) in [6, 6.07) is 6.06. The molecule has 5 rings (SSSR count). The van der Waals surface area contributed by atoms with Gasteiger partial charge in [-0.2, -0.15) is 0 Å². The van der Waals surface area contributed by atoms with Gasteiger partial charge in [0.25, 0.3) is 0 Å². The normalized spacial score (nSPS) is 33.2. The molecule has 1 unspecified atom stereocenters. The van der Waals surface area contributed by atoms with Gasteiger partial charge < -0.3 is 10.6 Å². The summed E-state index contributed by atoms with van der Waals surface area (Å²) in [5.41, 5.74) is 0.910. The fourth-order valence-electron chi connectivity index (χ4n) is 5.56. The summed E-state index contributed by atoms with van der Waals surface area (Å²) in [6.07, 6.45) is 8.53. The number of rotatable bonds is 4. The van der Waals surface area contributed by atoms with Crippen molar-refractivity contribution in [2.24, 2.45) is 11.3 Å². The van der Waals surface area contributed by atoms with E-state index in [0.29, 0.717) is 11.1 Å². The van der Waals surface area contributed by atoms with E-state index in [4.69, 9.17) is 0 Å². The van der Waals surface area contributed by atoms with Crippen molar-refractivity contribution in [2.75, 3.05) is 12.4 Å². The molecule has 7 heteroatoms. The first kappa shape index (κ1) is 16.8. The standard InChI is InChI=1S/C18H25N3O3S/c1-19-25(23,24)15-6-2-5-14(8-15)20-16(22)21-18-10-13-4-3-7-17(9-13,11-18)12-18/h2,5-6,8,13,19H,3-4,7,9-12H2,1H3,(H2,20,21,22). The second-order valence-electron chi connectivity index (χ2n) is 8.11. The van der Waals surface area contributed by atoms with Crippen LogP contribution in [0.4, 0.5) is 10.5 Å². The Morgan fingerprint density at radius 3 is 2.76 bits per heavy atom. The molecule has 1 aromatic rings. The van der Waals surface area contributed by atoms with Gasteiger partial charge in [-0.1, -0.05) is 18.9 Å². The molecule has 0 heterocycles. The Bertz CT molecular complexity index is 794. The smallest absolute Gasteiger partial charge is 0.319 e.